The van der Waals surface area contributed by atoms with Crippen molar-refractivity contribution in [2.24, 2.45) is 5.92 Å². The largest absolute Gasteiger partial charge is 0.417 e. The van der Waals surface area contributed by atoms with Crippen molar-refractivity contribution >= 4 is 31.5 Å². The van der Waals surface area contributed by atoms with Gasteiger partial charge in [0.25, 0.3) is 0 Å². The van der Waals surface area contributed by atoms with Crippen LogP contribution < -0.4 is 9.80 Å². The average molecular weight is 389 g/mol. The molecule has 3 rings (SSSR count). The van der Waals surface area contributed by atoms with Crippen LogP contribution in [0.4, 0.5) is 11.4 Å². The van der Waals surface area contributed by atoms with Crippen molar-refractivity contribution < 1.29 is 14.0 Å². The van der Waals surface area contributed by atoms with Crippen LogP contribution in [0, 0.1) is 5.92 Å². The Bertz CT molecular complexity index is 653. The zero-order valence-electron chi connectivity index (χ0n) is 16.9. The lowest BCUT2D eigenvalue weighted by Gasteiger charge is -2.41. The van der Waals surface area contributed by atoms with E-state index in [1.165, 1.54) is 17.4 Å². The van der Waals surface area contributed by atoms with Gasteiger partial charge in [0.05, 0.1) is 5.69 Å². The van der Waals surface area contributed by atoms with Crippen molar-refractivity contribution in [1.82, 2.24) is 0 Å². The first kappa shape index (κ1) is 20.1. The van der Waals surface area contributed by atoms with E-state index in [9.17, 15) is 9.59 Å². The molecule has 148 valence electrons. The second kappa shape index (κ2) is 8.57. The normalized spacial score (nSPS) is 18.8. The van der Waals surface area contributed by atoms with Gasteiger partial charge in [0.2, 0.25) is 11.8 Å². The van der Waals surface area contributed by atoms with E-state index < -0.39 is 8.32 Å². The van der Waals surface area contributed by atoms with E-state index in [4.69, 9.17) is 4.43 Å². The lowest BCUT2D eigenvalue weighted by atomic mass is 9.96. The van der Waals surface area contributed by atoms with Gasteiger partial charge in [0.15, 0.2) is 8.32 Å². The van der Waals surface area contributed by atoms with Crippen LogP contribution in [0.15, 0.2) is 24.3 Å². The fourth-order valence-electron chi connectivity index (χ4n) is 3.99. The Balaban J connectivity index is 1.46. The number of anilines is 2. The molecule has 2 heterocycles. The van der Waals surface area contributed by atoms with E-state index in [0.717, 1.165) is 31.8 Å². The summed E-state index contributed by atoms with van der Waals surface area (Å²) in [5, 5.41) is 0. The maximum atomic E-state index is 12.0. The Hall–Kier alpha value is -1.66. The van der Waals surface area contributed by atoms with Crippen molar-refractivity contribution in [3.05, 3.63) is 24.3 Å². The van der Waals surface area contributed by atoms with Gasteiger partial charge in [-0.05, 0) is 62.2 Å². The SMILES string of the molecule is CCC[Si](C)(C)OCCC1CN(c2ccc(N3C(=O)CCCC3=O)cc2)C1. The molecule has 0 aromatic heterocycles. The zero-order chi connectivity index (χ0) is 19.4. The van der Waals surface area contributed by atoms with Crippen LogP contribution in [0.3, 0.4) is 0 Å². The molecule has 0 unspecified atom stereocenters. The third-order valence-electron chi connectivity index (χ3n) is 5.58. The molecule has 5 nitrogen and oxygen atoms in total. The number of benzene rings is 1. The molecule has 2 saturated heterocycles. The van der Waals surface area contributed by atoms with Gasteiger partial charge in [-0.15, -0.1) is 0 Å². The fourth-order valence-corrected chi connectivity index (χ4v) is 6.01. The Labute approximate surface area is 163 Å². The van der Waals surface area contributed by atoms with Crippen LogP contribution in [0.25, 0.3) is 0 Å². The second-order valence-corrected chi connectivity index (χ2v) is 12.7. The van der Waals surface area contributed by atoms with Crippen LogP contribution >= 0.6 is 0 Å². The molecule has 0 atom stereocenters. The summed E-state index contributed by atoms with van der Waals surface area (Å²) in [6.45, 7) is 9.84. The lowest BCUT2D eigenvalue weighted by molar-refractivity contribution is -0.129. The predicted octanol–water partition coefficient (Wildman–Crippen LogP) is 4.19. The van der Waals surface area contributed by atoms with E-state index in [1.54, 1.807) is 0 Å². The van der Waals surface area contributed by atoms with Crippen molar-refractivity contribution in [3.63, 3.8) is 0 Å². The number of carbonyl (C=O) groups is 2. The molecule has 0 saturated carbocycles. The highest BCUT2D eigenvalue weighted by atomic mass is 28.4. The summed E-state index contributed by atoms with van der Waals surface area (Å²) in [7, 11) is -1.45. The number of hydrogen-bond donors (Lipinski definition) is 0. The summed E-state index contributed by atoms with van der Waals surface area (Å²) < 4.78 is 6.17. The lowest BCUT2D eigenvalue weighted by Crippen LogP contribution is -2.47. The predicted molar refractivity (Wildman–Crippen MR) is 112 cm³/mol. The van der Waals surface area contributed by atoms with Crippen molar-refractivity contribution in [3.8, 4) is 0 Å². The Kier molecular flexibility index (Phi) is 6.37. The van der Waals surface area contributed by atoms with E-state index >= 15 is 0 Å². The Morgan fingerprint density at radius 1 is 1.04 bits per heavy atom. The van der Waals surface area contributed by atoms with E-state index in [0.29, 0.717) is 30.9 Å². The molecule has 0 bridgehead atoms. The monoisotopic (exact) mass is 388 g/mol. The molecular formula is C21H32N2O3Si. The molecule has 2 aliphatic rings. The molecule has 0 radical (unpaired) electrons. The minimum atomic E-state index is -1.45. The molecule has 0 N–H and O–H groups in total. The average Bonchev–Trinajstić information content (AvgIpc) is 2.57. The Morgan fingerprint density at radius 3 is 2.22 bits per heavy atom. The third kappa shape index (κ3) is 4.99. The van der Waals surface area contributed by atoms with Gasteiger partial charge in [-0.1, -0.05) is 13.3 Å². The van der Waals surface area contributed by atoms with E-state index in [1.807, 2.05) is 24.3 Å². The highest BCUT2D eigenvalue weighted by Gasteiger charge is 2.30. The van der Waals surface area contributed by atoms with Crippen molar-refractivity contribution in [2.75, 3.05) is 29.5 Å². The number of rotatable bonds is 8. The van der Waals surface area contributed by atoms with Crippen molar-refractivity contribution in [2.45, 2.75) is 58.2 Å². The maximum Gasteiger partial charge on any atom is 0.233 e. The smallest absolute Gasteiger partial charge is 0.233 e. The minimum absolute atomic E-state index is 0.0856. The molecule has 2 fully saturated rings. The summed E-state index contributed by atoms with van der Waals surface area (Å²) in [6.07, 6.45) is 3.93. The standard InChI is InChI=1S/C21H32N2O3Si/c1-4-14-27(2,3)26-13-12-17-15-22(16-17)18-8-10-19(11-9-18)23-20(24)6-5-7-21(23)25/h8-11,17H,4-7,12-16H2,1-3H3. The Morgan fingerprint density at radius 2 is 1.63 bits per heavy atom. The molecule has 0 aliphatic carbocycles. The molecule has 1 aromatic carbocycles. The third-order valence-corrected chi connectivity index (χ3v) is 8.27. The molecule has 6 heteroatoms. The van der Waals surface area contributed by atoms with Crippen molar-refractivity contribution in [1.29, 1.82) is 0 Å². The molecule has 2 amide bonds. The van der Waals surface area contributed by atoms with Crippen LogP contribution in [-0.2, 0) is 14.0 Å². The van der Waals surface area contributed by atoms with Crippen LogP contribution in [0.5, 0.6) is 0 Å². The van der Waals surface area contributed by atoms with Crippen LogP contribution in [-0.4, -0.2) is 39.8 Å². The zero-order valence-corrected chi connectivity index (χ0v) is 17.9. The van der Waals surface area contributed by atoms with Crippen LogP contribution in [0.2, 0.25) is 19.1 Å². The summed E-state index contributed by atoms with van der Waals surface area (Å²) in [5.41, 5.74) is 1.86. The first-order valence-corrected chi connectivity index (χ1v) is 13.4. The number of amides is 2. The van der Waals surface area contributed by atoms with Gasteiger partial charge in [-0.2, -0.15) is 0 Å². The highest BCUT2D eigenvalue weighted by molar-refractivity contribution is 6.71. The summed E-state index contributed by atoms with van der Waals surface area (Å²) in [4.78, 5) is 27.8. The number of piperidine rings is 1. The van der Waals surface area contributed by atoms with Crippen LogP contribution in [0.1, 0.15) is 39.0 Å². The number of nitrogens with zero attached hydrogens (tertiary/aromatic N) is 2. The topological polar surface area (TPSA) is 49.9 Å². The summed E-state index contributed by atoms with van der Waals surface area (Å²) in [5.74, 6) is 0.525. The van der Waals surface area contributed by atoms with Gasteiger partial charge < -0.3 is 9.33 Å². The van der Waals surface area contributed by atoms with Gasteiger partial charge in [0, 0.05) is 38.2 Å². The quantitative estimate of drug-likeness (QED) is 0.495. The van der Waals surface area contributed by atoms with Gasteiger partial charge >= 0.3 is 0 Å². The van der Waals surface area contributed by atoms with Gasteiger partial charge in [-0.3, -0.25) is 14.5 Å². The molecule has 1 aromatic rings. The molecule has 27 heavy (non-hydrogen) atoms. The summed E-state index contributed by atoms with van der Waals surface area (Å²) in [6, 6.07) is 9.07. The molecular weight excluding hydrogens is 356 g/mol. The molecule has 2 aliphatic heterocycles. The second-order valence-electron chi connectivity index (χ2n) is 8.41. The van der Waals surface area contributed by atoms with E-state index in [-0.39, 0.29) is 11.8 Å². The minimum Gasteiger partial charge on any atom is -0.417 e. The number of carbonyl (C=O) groups excluding carboxylic acids is 2. The van der Waals surface area contributed by atoms with Gasteiger partial charge in [-0.25, -0.2) is 0 Å². The van der Waals surface area contributed by atoms with E-state index in [2.05, 4.69) is 24.9 Å². The van der Waals surface area contributed by atoms with Gasteiger partial charge in [0.1, 0.15) is 0 Å². The molecule has 0 spiro atoms. The summed E-state index contributed by atoms with van der Waals surface area (Å²) >= 11 is 0. The maximum absolute atomic E-state index is 12.0. The first-order chi connectivity index (χ1) is 12.9. The number of hydrogen-bond acceptors (Lipinski definition) is 4. The highest BCUT2D eigenvalue weighted by Crippen LogP contribution is 2.30. The fraction of sp³-hybridized carbons (Fsp3) is 0.619. The number of imide groups is 1. The first-order valence-electron chi connectivity index (χ1n) is 10.2.